The maximum absolute atomic E-state index is 3.60. The second kappa shape index (κ2) is 3.94. The summed E-state index contributed by atoms with van der Waals surface area (Å²) >= 11 is 0. The first-order valence-corrected chi connectivity index (χ1v) is 7.89. The minimum absolute atomic E-state index is 0.414. The Morgan fingerprint density at radius 1 is 1.06 bits per heavy atom. The number of hydrogen-bond donors (Lipinski definition) is 1. The van der Waals surface area contributed by atoms with Crippen LogP contribution < -0.4 is 5.32 Å². The van der Waals surface area contributed by atoms with Crippen LogP contribution in [0.4, 0.5) is 0 Å². The van der Waals surface area contributed by atoms with Crippen LogP contribution in [0.1, 0.15) is 33.1 Å². The smallest absolute Gasteiger partial charge is 0.0269 e. The predicted molar refractivity (Wildman–Crippen MR) is 73.6 cm³/mol. The zero-order valence-corrected chi connectivity index (χ0v) is 11.9. The Morgan fingerprint density at radius 3 is 2.78 bits per heavy atom. The van der Waals surface area contributed by atoms with Gasteiger partial charge in [0.15, 0.2) is 0 Å². The summed E-state index contributed by atoms with van der Waals surface area (Å²) in [6.07, 6.45) is 4.30. The van der Waals surface area contributed by atoms with Gasteiger partial charge in [-0.05, 0) is 58.0 Å². The molecule has 0 saturated carbocycles. The van der Waals surface area contributed by atoms with E-state index in [0.717, 1.165) is 23.9 Å². The van der Waals surface area contributed by atoms with Crippen LogP contribution in [0.5, 0.6) is 0 Å². The van der Waals surface area contributed by atoms with Crippen LogP contribution >= 0.6 is 0 Å². The van der Waals surface area contributed by atoms with Crippen molar-refractivity contribution in [1.29, 1.82) is 0 Å². The Balaban J connectivity index is 1.58. The molecule has 4 fully saturated rings. The highest BCUT2D eigenvalue weighted by molar-refractivity contribution is 5.09. The number of nitrogens with zero attached hydrogens (tertiary/aromatic N) is 2. The molecule has 0 amide bonds. The minimum atomic E-state index is 0.414. The van der Waals surface area contributed by atoms with E-state index in [1.807, 2.05) is 0 Å². The van der Waals surface area contributed by atoms with E-state index in [9.17, 15) is 0 Å². The third-order valence-corrected chi connectivity index (χ3v) is 6.39. The Morgan fingerprint density at radius 2 is 1.94 bits per heavy atom. The van der Waals surface area contributed by atoms with Crippen molar-refractivity contribution in [3.8, 4) is 0 Å². The van der Waals surface area contributed by atoms with Crippen molar-refractivity contribution >= 4 is 0 Å². The molecule has 3 nitrogen and oxygen atoms in total. The van der Waals surface area contributed by atoms with Gasteiger partial charge in [0.25, 0.3) is 0 Å². The molecule has 4 heterocycles. The highest BCUT2D eigenvalue weighted by atomic mass is 15.3. The van der Waals surface area contributed by atoms with Crippen LogP contribution in [0.2, 0.25) is 0 Å². The predicted octanol–water partition coefficient (Wildman–Crippen LogP) is 1.15. The molecule has 0 aromatic heterocycles. The molecule has 0 aromatic carbocycles. The molecule has 4 saturated heterocycles. The summed E-state index contributed by atoms with van der Waals surface area (Å²) in [6, 6.07) is 1.74. The van der Waals surface area contributed by atoms with Crippen LogP contribution in [-0.4, -0.2) is 60.1 Å². The van der Waals surface area contributed by atoms with Gasteiger partial charge in [0.2, 0.25) is 0 Å². The largest absolute Gasteiger partial charge is 0.316 e. The van der Waals surface area contributed by atoms with Gasteiger partial charge in [-0.15, -0.1) is 0 Å². The van der Waals surface area contributed by atoms with Gasteiger partial charge in [-0.3, -0.25) is 9.80 Å². The van der Waals surface area contributed by atoms with Gasteiger partial charge in [0, 0.05) is 37.3 Å². The van der Waals surface area contributed by atoms with Gasteiger partial charge in [0.1, 0.15) is 0 Å². The van der Waals surface area contributed by atoms with Crippen molar-refractivity contribution in [2.24, 2.45) is 11.8 Å². The molecule has 3 heteroatoms. The fourth-order valence-corrected chi connectivity index (χ4v) is 5.43. The first kappa shape index (κ1) is 11.7. The second-order valence-electron chi connectivity index (χ2n) is 7.43. The maximum Gasteiger partial charge on any atom is 0.0269 e. The lowest BCUT2D eigenvalue weighted by Gasteiger charge is -2.41. The van der Waals surface area contributed by atoms with Gasteiger partial charge in [-0.2, -0.15) is 0 Å². The normalized spacial score (nSPS) is 47.7. The quantitative estimate of drug-likeness (QED) is 0.752. The zero-order chi connectivity index (χ0) is 12.3. The summed E-state index contributed by atoms with van der Waals surface area (Å²) in [5.41, 5.74) is 0.414. The molecular weight excluding hydrogens is 222 g/mol. The lowest BCUT2D eigenvalue weighted by Crippen LogP contribution is -2.52. The second-order valence-corrected chi connectivity index (χ2v) is 7.43. The number of nitrogens with one attached hydrogen (secondary N) is 1. The molecule has 0 bridgehead atoms. The standard InChI is InChI=1S/C15H27N3/c1-15(2)12-9-16-8-11(12)10-18(15)14-5-7-17-6-3-4-13(14)17/h11-14,16H,3-10H2,1-2H3. The van der Waals surface area contributed by atoms with Crippen LogP contribution in [0.3, 0.4) is 0 Å². The van der Waals surface area contributed by atoms with Crippen molar-refractivity contribution in [1.82, 2.24) is 15.1 Å². The van der Waals surface area contributed by atoms with E-state index in [2.05, 4.69) is 29.0 Å². The molecule has 4 aliphatic heterocycles. The third kappa shape index (κ3) is 1.47. The SMILES string of the molecule is CC1(C)C2CNCC2CN1C1CCN2CCCC12. The minimum Gasteiger partial charge on any atom is -0.316 e. The average Bonchev–Trinajstić information content (AvgIpc) is 3.02. The summed E-state index contributed by atoms with van der Waals surface area (Å²) in [4.78, 5) is 5.66. The van der Waals surface area contributed by atoms with Gasteiger partial charge in [-0.1, -0.05) is 0 Å². The summed E-state index contributed by atoms with van der Waals surface area (Å²) in [7, 11) is 0. The molecule has 0 aliphatic carbocycles. The van der Waals surface area contributed by atoms with E-state index in [0.29, 0.717) is 5.54 Å². The fraction of sp³-hybridized carbons (Fsp3) is 1.00. The Kier molecular flexibility index (Phi) is 2.56. The van der Waals surface area contributed by atoms with Crippen molar-refractivity contribution in [3.05, 3.63) is 0 Å². The summed E-state index contributed by atoms with van der Waals surface area (Å²) < 4.78 is 0. The number of rotatable bonds is 1. The zero-order valence-electron chi connectivity index (χ0n) is 11.9. The molecule has 4 rings (SSSR count). The molecule has 4 atom stereocenters. The molecule has 4 aliphatic rings. The number of fused-ring (bicyclic) bond motifs is 2. The molecule has 0 spiro atoms. The molecule has 4 unspecified atom stereocenters. The average molecular weight is 249 g/mol. The highest BCUT2D eigenvalue weighted by Crippen LogP contribution is 2.45. The van der Waals surface area contributed by atoms with Crippen molar-refractivity contribution in [3.63, 3.8) is 0 Å². The molecule has 0 aromatic rings. The van der Waals surface area contributed by atoms with E-state index < -0.39 is 0 Å². The number of likely N-dealkylation sites (tertiary alicyclic amines) is 1. The first-order valence-electron chi connectivity index (χ1n) is 7.89. The van der Waals surface area contributed by atoms with Crippen LogP contribution in [-0.2, 0) is 0 Å². The van der Waals surface area contributed by atoms with Crippen LogP contribution in [0.25, 0.3) is 0 Å². The van der Waals surface area contributed by atoms with E-state index in [-0.39, 0.29) is 0 Å². The lowest BCUT2D eigenvalue weighted by atomic mass is 9.84. The monoisotopic (exact) mass is 249 g/mol. The Labute approximate surface area is 111 Å². The van der Waals surface area contributed by atoms with Gasteiger partial charge in [-0.25, -0.2) is 0 Å². The van der Waals surface area contributed by atoms with Crippen LogP contribution in [0, 0.1) is 11.8 Å². The molecule has 102 valence electrons. The van der Waals surface area contributed by atoms with Gasteiger partial charge in [0.05, 0.1) is 0 Å². The van der Waals surface area contributed by atoms with E-state index >= 15 is 0 Å². The van der Waals surface area contributed by atoms with Crippen molar-refractivity contribution in [2.75, 3.05) is 32.7 Å². The summed E-state index contributed by atoms with van der Waals surface area (Å²) in [6.45, 7) is 11.6. The van der Waals surface area contributed by atoms with Crippen LogP contribution in [0.15, 0.2) is 0 Å². The van der Waals surface area contributed by atoms with E-state index in [1.165, 1.54) is 52.0 Å². The topological polar surface area (TPSA) is 18.5 Å². The Bertz CT molecular complexity index is 341. The molecular formula is C15H27N3. The molecule has 1 N–H and O–H groups in total. The van der Waals surface area contributed by atoms with Gasteiger partial charge < -0.3 is 5.32 Å². The fourth-order valence-electron chi connectivity index (χ4n) is 5.43. The lowest BCUT2D eigenvalue weighted by molar-refractivity contribution is 0.0726. The summed E-state index contributed by atoms with van der Waals surface area (Å²) in [5.74, 6) is 1.79. The van der Waals surface area contributed by atoms with E-state index in [1.54, 1.807) is 0 Å². The number of hydrogen-bond acceptors (Lipinski definition) is 3. The third-order valence-electron chi connectivity index (χ3n) is 6.39. The maximum atomic E-state index is 3.60. The van der Waals surface area contributed by atoms with Gasteiger partial charge >= 0.3 is 0 Å². The summed E-state index contributed by atoms with van der Waals surface area (Å²) in [5, 5.41) is 3.60. The van der Waals surface area contributed by atoms with Crippen molar-refractivity contribution in [2.45, 2.75) is 50.7 Å². The highest BCUT2D eigenvalue weighted by Gasteiger charge is 2.54. The van der Waals surface area contributed by atoms with E-state index in [4.69, 9.17) is 0 Å². The molecule has 0 radical (unpaired) electrons. The Hall–Kier alpha value is -0.120. The first-order chi connectivity index (χ1) is 8.68. The molecule has 18 heavy (non-hydrogen) atoms. The van der Waals surface area contributed by atoms with Crippen molar-refractivity contribution < 1.29 is 0 Å².